The second-order valence-electron chi connectivity index (χ2n) is 14.5. The van der Waals surface area contributed by atoms with Crippen molar-refractivity contribution in [3.8, 4) is 0 Å². The molecule has 0 saturated heterocycles. The Morgan fingerprint density at radius 1 is 0.525 bits per heavy atom. The van der Waals surface area contributed by atoms with Gasteiger partial charge in [0.2, 0.25) is 17.7 Å². The number of para-hydroxylation sites is 1. The Hall–Kier alpha value is -5.77. The number of hydrogen-bond acceptors (Lipinski definition) is 10. The summed E-state index contributed by atoms with van der Waals surface area (Å²) < 4.78 is 11.1. The molecule has 1 heterocycles. The minimum Gasteiger partial charge on any atom is -0.459 e. The largest absolute Gasteiger partial charge is 0.459 e. The summed E-state index contributed by atoms with van der Waals surface area (Å²) >= 11 is 0. The van der Waals surface area contributed by atoms with Crippen molar-refractivity contribution in [3.63, 3.8) is 0 Å². The van der Waals surface area contributed by atoms with Crippen molar-refractivity contribution in [3.05, 3.63) is 108 Å². The first kappa shape index (κ1) is 45.9. The SMILES string of the molecule is NCCCC[C@@H](NC(=O)OCc1ccccc1)C(=O)N[C@H](CCCCN)C(=O)N[C@H](CCCCN)C(=O)N[C@@H](Cc1c[nH]c2ccccc12)C(=O)OCc1ccccc1. The molecular formula is C44H60N8O7. The second-order valence-corrected chi connectivity index (χ2v) is 14.5. The van der Waals surface area contributed by atoms with E-state index in [-0.39, 0.29) is 38.9 Å². The third-order valence-electron chi connectivity index (χ3n) is 9.85. The molecule has 3 aromatic carbocycles. The van der Waals surface area contributed by atoms with Gasteiger partial charge in [0.1, 0.15) is 37.4 Å². The van der Waals surface area contributed by atoms with Gasteiger partial charge in [-0.05, 0) is 100 Å². The van der Waals surface area contributed by atoms with Gasteiger partial charge in [-0.2, -0.15) is 0 Å². The first-order valence-electron chi connectivity index (χ1n) is 20.5. The molecule has 15 nitrogen and oxygen atoms in total. The number of hydrogen-bond donors (Lipinski definition) is 8. The Labute approximate surface area is 345 Å². The maximum absolute atomic E-state index is 14.2. The number of ether oxygens (including phenoxy) is 2. The molecular weight excluding hydrogens is 753 g/mol. The number of benzene rings is 3. The first-order chi connectivity index (χ1) is 28.7. The van der Waals surface area contributed by atoms with Crippen LogP contribution in [-0.2, 0) is 48.3 Å². The summed E-state index contributed by atoms with van der Waals surface area (Å²) in [7, 11) is 0. The van der Waals surface area contributed by atoms with E-state index in [4.69, 9.17) is 26.7 Å². The lowest BCUT2D eigenvalue weighted by Gasteiger charge is -2.26. The molecule has 4 rings (SSSR count). The van der Waals surface area contributed by atoms with Crippen LogP contribution in [0.4, 0.5) is 4.79 Å². The lowest BCUT2D eigenvalue weighted by molar-refractivity contribution is -0.149. The summed E-state index contributed by atoms with van der Waals surface area (Å²) in [4.78, 5) is 71.8. The number of carbonyl (C=O) groups is 5. The van der Waals surface area contributed by atoms with E-state index in [0.717, 1.165) is 27.6 Å². The third kappa shape index (κ3) is 15.8. The van der Waals surface area contributed by atoms with E-state index < -0.39 is 54.0 Å². The fourth-order valence-electron chi connectivity index (χ4n) is 6.55. The summed E-state index contributed by atoms with van der Waals surface area (Å²) in [5.41, 5.74) is 20.5. The highest BCUT2D eigenvalue weighted by atomic mass is 16.5. The molecule has 0 unspecified atom stereocenters. The van der Waals surface area contributed by atoms with Crippen LogP contribution in [0.3, 0.4) is 0 Å². The van der Waals surface area contributed by atoms with E-state index in [1.165, 1.54) is 0 Å². The Morgan fingerprint density at radius 2 is 0.966 bits per heavy atom. The highest BCUT2D eigenvalue weighted by Gasteiger charge is 2.32. The Kier molecular flexibility index (Phi) is 19.9. The Morgan fingerprint density at radius 3 is 1.47 bits per heavy atom. The standard InChI is InChI=1S/C44H60N8O7/c45-24-12-9-21-36(50-42(55)38(23-11-14-26-47)52-44(57)59-30-32-17-5-2-6-18-32)40(53)49-37(22-10-13-25-46)41(54)51-39(43(56)58-29-31-15-3-1-4-16-31)27-33-28-48-35-20-8-7-19-34(33)35/h1-8,15-20,28,36-39,48H,9-14,21-27,29-30,45-47H2,(H,49,53)(H,50,55)(H,51,54)(H,52,57)/t36-,37-,38-,39+/m1/s1. The minimum absolute atomic E-state index is 0.00753. The molecule has 59 heavy (non-hydrogen) atoms. The molecule has 4 atom stereocenters. The second kappa shape index (κ2) is 25.6. The van der Waals surface area contributed by atoms with Crippen LogP contribution in [-0.4, -0.2) is 78.6 Å². The Bertz CT molecular complexity index is 1890. The molecule has 0 bridgehead atoms. The number of nitrogens with two attached hydrogens (primary N) is 3. The van der Waals surface area contributed by atoms with Crippen molar-refractivity contribution < 1.29 is 33.4 Å². The van der Waals surface area contributed by atoms with E-state index in [2.05, 4.69) is 26.3 Å². The molecule has 318 valence electrons. The monoisotopic (exact) mass is 812 g/mol. The average molecular weight is 813 g/mol. The number of rotatable bonds is 26. The van der Waals surface area contributed by atoms with Crippen LogP contribution in [0.2, 0.25) is 0 Å². The normalized spacial score (nSPS) is 13.1. The number of amides is 4. The molecule has 4 amide bonds. The fourth-order valence-corrected chi connectivity index (χ4v) is 6.55. The van der Waals surface area contributed by atoms with Gasteiger partial charge in [-0.3, -0.25) is 14.4 Å². The van der Waals surface area contributed by atoms with E-state index in [0.29, 0.717) is 58.2 Å². The number of alkyl carbamates (subject to hydrolysis) is 1. The lowest BCUT2D eigenvalue weighted by Crippen LogP contribution is -2.58. The maximum atomic E-state index is 14.2. The van der Waals surface area contributed by atoms with Crippen LogP contribution in [0.1, 0.15) is 74.5 Å². The van der Waals surface area contributed by atoms with E-state index >= 15 is 0 Å². The molecule has 4 aromatic rings. The average Bonchev–Trinajstić information content (AvgIpc) is 3.66. The van der Waals surface area contributed by atoms with Crippen LogP contribution in [0.25, 0.3) is 10.9 Å². The van der Waals surface area contributed by atoms with Crippen molar-refractivity contribution in [2.75, 3.05) is 19.6 Å². The zero-order valence-electron chi connectivity index (χ0n) is 33.7. The van der Waals surface area contributed by atoms with E-state index in [9.17, 15) is 24.0 Å². The number of fused-ring (bicyclic) bond motifs is 1. The van der Waals surface area contributed by atoms with Crippen molar-refractivity contribution in [1.29, 1.82) is 0 Å². The smallest absolute Gasteiger partial charge is 0.408 e. The minimum atomic E-state index is -1.10. The predicted molar refractivity (Wildman–Crippen MR) is 226 cm³/mol. The molecule has 1 aromatic heterocycles. The van der Waals surface area contributed by atoms with Gasteiger partial charge in [0.05, 0.1) is 0 Å². The first-order valence-corrected chi connectivity index (χ1v) is 20.5. The number of aromatic amines is 1. The van der Waals surface area contributed by atoms with Crippen molar-refractivity contribution in [2.45, 2.75) is 102 Å². The summed E-state index contributed by atoms with van der Waals surface area (Å²) in [5.74, 6) is -2.42. The van der Waals surface area contributed by atoms with Crippen LogP contribution in [0.15, 0.2) is 91.1 Å². The number of unbranched alkanes of at least 4 members (excludes halogenated alkanes) is 3. The van der Waals surface area contributed by atoms with Crippen molar-refractivity contribution in [2.24, 2.45) is 17.2 Å². The molecule has 0 fully saturated rings. The van der Waals surface area contributed by atoms with Crippen LogP contribution >= 0.6 is 0 Å². The van der Waals surface area contributed by atoms with Crippen LogP contribution in [0.5, 0.6) is 0 Å². The van der Waals surface area contributed by atoms with Gasteiger partial charge in [0, 0.05) is 23.5 Å². The highest BCUT2D eigenvalue weighted by Crippen LogP contribution is 2.20. The number of carbonyl (C=O) groups excluding carboxylic acids is 5. The predicted octanol–water partition coefficient (Wildman–Crippen LogP) is 3.59. The van der Waals surface area contributed by atoms with Crippen molar-refractivity contribution >= 4 is 40.7 Å². The third-order valence-corrected chi connectivity index (χ3v) is 9.85. The summed E-state index contributed by atoms with van der Waals surface area (Å²) in [5, 5.41) is 12.1. The number of nitrogens with one attached hydrogen (secondary N) is 5. The summed E-state index contributed by atoms with van der Waals surface area (Å²) in [6.45, 7) is 1.17. The van der Waals surface area contributed by atoms with Gasteiger partial charge in [0.25, 0.3) is 0 Å². The molecule has 0 radical (unpaired) electrons. The number of esters is 1. The van der Waals surface area contributed by atoms with E-state index in [1.54, 1.807) is 6.20 Å². The fraction of sp³-hybridized carbons (Fsp3) is 0.432. The molecule has 0 spiro atoms. The Balaban J connectivity index is 1.51. The molecule has 15 heteroatoms. The number of H-pyrrole nitrogens is 1. The topological polar surface area (TPSA) is 246 Å². The zero-order chi connectivity index (χ0) is 42.2. The lowest BCUT2D eigenvalue weighted by atomic mass is 10.0. The molecule has 0 aliphatic carbocycles. The maximum Gasteiger partial charge on any atom is 0.408 e. The molecule has 0 aliphatic heterocycles. The summed E-state index contributed by atoms with van der Waals surface area (Å²) in [6, 6.07) is 21.7. The van der Waals surface area contributed by atoms with Gasteiger partial charge in [-0.1, -0.05) is 78.9 Å². The highest BCUT2D eigenvalue weighted by molar-refractivity contribution is 5.95. The van der Waals surface area contributed by atoms with E-state index in [1.807, 2.05) is 84.9 Å². The summed E-state index contributed by atoms with van der Waals surface area (Å²) in [6.07, 6.45) is 5.15. The quantitative estimate of drug-likeness (QED) is 0.0338. The van der Waals surface area contributed by atoms with Crippen LogP contribution in [0, 0.1) is 0 Å². The zero-order valence-corrected chi connectivity index (χ0v) is 33.7. The van der Waals surface area contributed by atoms with Gasteiger partial charge in [-0.15, -0.1) is 0 Å². The number of aromatic nitrogens is 1. The van der Waals surface area contributed by atoms with Gasteiger partial charge in [0.15, 0.2) is 0 Å². The molecule has 11 N–H and O–H groups in total. The molecule has 0 saturated carbocycles. The van der Waals surface area contributed by atoms with Gasteiger partial charge < -0.3 is 52.9 Å². The molecule has 0 aliphatic rings. The van der Waals surface area contributed by atoms with Gasteiger partial charge in [-0.25, -0.2) is 9.59 Å². The van der Waals surface area contributed by atoms with Crippen LogP contribution < -0.4 is 38.5 Å². The van der Waals surface area contributed by atoms with Crippen molar-refractivity contribution in [1.82, 2.24) is 26.3 Å². The van der Waals surface area contributed by atoms with Gasteiger partial charge >= 0.3 is 12.1 Å².